The maximum absolute atomic E-state index is 6.30. The lowest BCUT2D eigenvalue weighted by Gasteiger charge is -2.35. The molecular formula is C33H38N6OS2. The first-order valence-electron chi connectivity index (χ1n) is 14.5. The van der Waals surface area contributed by atoms with E-state index in [0.29, 0.717) is 17.5 Å². The highest BCUT2D eigenvalue weighted by molar-refractivity contribution is 7.99. The summed E-state index contributed by atoms with van der Waals surface area (Å²) in [5, 5.41) is 7.55. The van der Waals surface area contributed by atoms with Crippen molar-refractivity contribution in [2.45, 2.75) is 63.3 Å². The Morgan fingerprint density at radius 3 is 2.71 bits per heavy atom. The van der Waals surface area contributed by atoms with Gasteiger partial charge in [0.05, 0.1) is 0 Å². The molecule has 218 valence electrons. The van der Waals surface area contributed by atoms with Crippen molar-refractivity contribution in [2.75, 3.05) is 13.1 Å². The number of benzene rings is 1. The van der Waals surface area contributed by atoms with Gasteiger partial charge in [-0.2, -0.15) is 0 Å². The standard InChI is InChI=1S/C33H38N6OS2/c1-5-7-11-23(3)39-17-14-25(15-18-39)29(6-2)37-24(4)38-31-30(40-26-12-9-8-10-13-26)20-27(21-34-31)42-33-28-16-19-41-32(28)35-22-36-33/h6,8-13,16,19-22,25H,5,7,14-15,17-18H2,1-4H3,(H,34,37,38)/b23-11-,29-6-. The number of ether oxygens (including phenoxy) is 1. The molecule has 0 aliphatic carbocycles. The Bertz CT molecular complexity index is 1570. The number of piperidine rings is 1. The van der Waals surface area contributed by atoms with Crippen LogP contribution in [0.15, 0.2) is 98.8 Å². The molecule has 0 unspecified atom stereocenters. The maximum atomic E-state index is 6.30. The molecule has 1 aromatic carbocycles. The number of nitrogens with one attached hydrogen (secondary N) is 1. The Labute approximate surface area is 256 Å². The quantitative estimate of drug-likeness (QED) is 0.111. The van der Waals surface area contributed by atoms with Crippen molar-refractivity contribution in [1.29, 1.82) is 0 Å². The van der Waals surface area contributed by atoms with Gasteiger partial charge in [0, 0.05) is 52.9 Å². The van der Waals surface area contributed by atoms with Crippen LogP contribution in [-0.4, -0.2) is 38.8 Å². The normalized spacial score (nSPS) is 15.3. The molecule has 9 heteroatoms. The molecule has 1 saturated heterocycles. The summed E-state index contributed by atoms with van der Waals surface area (Å²) in [6.07, 6.45) is 12.6. The predicted octanol–water partition coefficient (Wildman–Crippen LogP) is 8.99. The monoisotopic (exact) mass is 598 g/mol. The van der Waals surface area contributed by atoms with E-state index in [4.69, 9.17) is 14.7 Å². The summed E-state index contributed by atoms with van der Waals surface area (Å²) in [7, 11) is 0. The SMILES string of the molecule is C/C=C(\N/C(C)=N/c1ncc(Sc2ncnc3sccc23)cc1Oc1ccccc1)C1CCN(/C(C)=C\CCC)CC1. The third kappa shape index (κ3) is 7.57. The van der Waals surface area contributed by atoms with E-state index >= 15 is 0 Å². The van der Waals surface area contributed by atoms with Crippen LogP contribution in [0.1, 0.15) is 53.4 Å². The number of likely N-dealkylation sites (tertiary alicyclic amines) is 1. The van der Waals surface area contributed by atoms with E-state index in [1.807, 2.05) is 54.9 Å². The first-order chi connectivity index (χ1) is 20.5. The van der Waals surface area contributed by atoms with E-state index in [1.54, 1.807) is 29.4 Å². The van der Waals surface area contributed by atoms with Gasteiger partial charge in [0.25, 0.3) is 0 Å². The minimum Gasteiger partial charge on any atom is -0.453 e. The molecule has 4 heterocycles. The molecule has 0 atom stereocenters. The molecule has 7 nitrogen and oxygen atoms in total. The fraction of sp³-hybridized carbons (Fsp3) is 0.333. The van der Waals surface area contributed by atoms with Crippen LogP contribution in [0.2, 0.25) is 0 Å². The van der Waals surface area contributed by atoms with Gasteiger partial charge in [-0.3, -0.25) is 0 Å². The van der Waals surface area contributed by atoms with Crippen molar-refractivity contribution in [2.24, 2.45) is 10.9 Å². The first-order valence-corrected chi connectivity index (χ1v) is 16.2. The van der Waals surface area contributed by atoms with E-state index in [-0.39, 0.29) is 0 Å². The van der Waals surface area contributed by atoms with Crippen molar-refractivity contribution < 1.29 is 4.74 Å². The number of unbranched alkanes of at least 4 members (excludes halogenated alkanes) is 1. The molecule has 1 fully saturated rings. The lowest BCUT2D eigenvalue weighted by Crippen LogP contribution is -2.36. The zero-order chi connectivity index (χ0) is 29.3. The van der Waals surface area contributed by atoms with Gasteiger partial charge in [-0.25, -0.2) is 19.9 Å². The van der Waals surface area contributed by atoms with Crippen LogP contribution in [0, 0.1) is 5.92 Å². The molecule has 1 N–H and O–H groups in total. The molecule has 3 aromatic heterocycles. The molecule has 4 aromatic rings. The molecule has 0 bridgehead atoms. The Hall–Kier alpha value is -3.69. The minimum absolute atomic E-state index is 0.476. The average molecular weight is 599 g/mol. The molecule has 42 heavy (non-hydrogen) atoms. The van der Waals surface area contributed by atoms with Crippen LogP contribution >= 0.6 is 23.1 Å². The lowest BCUT2D eigenvalue weighted by atomic mass is 9.92. The highest BCUT2D eigenvalue weighted by atomic mass is 32.2. The van der Waals surface area contributed by atoms with Crippen molar-refractivity contribution in [3.63, 3.8) is 0 Å². The number of aliphatic imine (C=N–C) groups is 1. The fourth-order valence-electron chi connectivity index (χ4n) is 5.04. The summed E-state index contributed by atoms with van der Waals surface area (Å²) in [6, 6.07) is 13.8. The molecule has 0 amide bonds. The maximum Gasteiger partial charge on any atom is 0.197 e. The van der Waals surface area contributed by atoms with Gasteiger partial charge >= 0.3 is 0 Å². The predicted molar refractivity (Wildman–Crippen MR) is 175 cm³/mol. The molecule has 0 radical (unpaired) electrons. The number of thiophene rings is 1. The third-order valence-corrected chi connectivity index (χ3v) is 9.09. The van der Waals surface area contributed by atoms with Gasteiger partial charge in [-0.15, -0.1) is 11.3 Å². The van der Waals surface area contributed by atoms with Gasteiger partial charge in [-0.1, -0.05) is 55.5 Å². The van der Waals surface area contributed by atoms with E-state index in [0.717, 1.165) is 64.1 Å². The van der Waals surface area contributed by atoms with Crippen molar-refractivity contribution >= 4 is 45.0 Å². The summed E-state index contributed by atoms with van der Waals surface area (Å²) >= 11 is 3.15. The number of nitrogens with zero attached hydrogens (tertiary/aromatic N) is 5. The third-order valence-electron chi connectivity index (χ3n) is 7.29. The number of rotatable bonds is 10. The molecule has 0 saturated carbocycles. The number of amidine groups is 1. The van der Waals surface area contributed by atoms with Crippen LogP contribution < -0.4 is 10.1 Å². The Morgan fingerprint density at radius 2 is 1.95 bits per heavy atom. The van der Waals surface area contributed by atoms with E-state index in [1.165, 1.54) is 17.8 Å². The van der Waals surface area contributed by atoms with Crippen LogP contribution in [0.25, 0.3) is 10.2 Å². The Kier molecular flexibility index (Phi) is 10.3. The van der Waals surface area contributed by atoms with E-state index < -0.39 is 0 Å². The summed E-state index contributed by atoms with van der Waals surface area (Å²) in [5.41, 5.74) is 2.62. The largest absolute Gasteiger partial charge is 0.453 e. The average Bonchev–Trinajstić information content (AvgIpc) is 3.51. The van der Waals surface area contributed by atoms with Crippen molar-refractivity contribution in [1.82, 2.24) is 25.2 Å². The summed E-state index contributed by atoms with van der Waals surface area (Å²) in [6.45, 7) is 10.7. The van der Waals surface area contributed by atoms with E-state index in [2.05, 4.69) is 59.2 Å². The van der Waals surface area contributed by atoms with Crippen molar-refractivity contribution in [3.05, 3.63) is 83.9 Å². The Morgan fingerprint density at radius 1 is 1.14 bits per heavy atom. The zero-order valence-corrected chi connectivity index (χ0v) is 26.3. The van der Waals surface area contributed by atoms with Gasteiger partial charge in [0.15, 0.2) is 11.6 Å². The molecule has 0 spiro atoms. The number of fused-ring (bicyclic) bond motifs is 1. The fourth-order valence-corrected chi connectivity index (χ4v) is 6.71. The molecular weight excluding hydrogens is 561 g/mol. The number of hydrogen-bond acceptors (Lipinski definition) is 8. The molecule has 5 rings (SSSR count). The topological polar surface area (TPSA) is 75.5 Å². The van der Waals surface area contributed by atoms with Gasteiger partial charge < -0.3 is 15.0 Å². The van der Waals surface area contributed by atoms with Crippen molar-refractivity contribution in [3.8, 4) is 11.5 Å². The lowest BCUT2D eigenvalue weighted by molar-refractivity contribution is 0.242. The minimum atomic E-state index is 0.476. The number of allylic oxidation sites excluding steroid dienone is 4. The highest BCUT2D eigenvalue weighted by Crippen LogP contribution is 2.38. The number of pyridine rings is 1. The second-order valence-electron chi connectivity index (χ2n) is 10.3. The van der Waals surface area contributed by atoms with E-state index in [9.17, 15) is 0 Å². The second-order valence-corrected chi connectivity index (χ2v) is 12.2. The summed E-state index contributed by atoms with van der Waals surface area (Å²) in [4.78, 5) is 22.9. The van der Waals surface area contributed by atoms with Crippen LogP contribution in [0.4, 0.5) is 5.82 Å². The van der Waals surface area contributed by atoms with Crippen LogP contribution in [0.5, 0.6) is 11.5 Å². The smallest absolute Gasteiger partial charge is 0.197 e. The van der Waals surface area contributed by atoms with Gasteiger partial charge in [0.1, 0.15) is 27.8 Å². The molecule has 1 aliphatic heterocycles. The highest BCUT2D eigenvalue weighted by Gasteiger charge is 2.22. The second kappa shape index (κ2) is 14.5. The summed E-state index contributed by atoms with van der Waals surface area (Å²) in [5.74, 6) is 3.11. The number of para-hydroxylation sites is 1. The zero-order valence-electron chi connectivity index (χ0n) is 24.7. The Balaban J connectivity index is 1.33. The number of hydrogen-bond donors (Lipinski definition) is 1. The molecule has 1 aliphatic rings. The van der Waals surface area contributed by atoms with Crippen LogP contribution in [-0.2, 0) is 0 Å². The summed E-state index contributed by atoms with van der Waals surface area (Å²) < 4.78 is 6.30. The van der Waals surface area contributed by atoms with Gasteiger partial charge in [0.2, 0.25) is 0 Å². The number of aromatic nitrogens is 3. The first kappa shape index (κ1) is 29.8. The van der Waals surface area contributed by atoms with Crippen LogP contribution in [0.3, 0.4) is 0 Å². The van der Waals surface area contributed by atoms with Gasteiger partial charge in [-0.05, 0) is 63.6 Å².